The highest BCUT2D eigenvalue weighted by Gasteiger charge is 2.30. The minimum absolute atomic E-state index is 0.0378. The highest BCUT2D eigenvalue weighted by Crippen LogP contribution is 2.34. The van der Waals surface area contributed by atoms with E-state index in [1.165, 1.54) is 0 Å². The molecule has 2 rings (SSSR count). The largest absolute Gasteiger partial charge is 0.471 e. The Morgan fingerprint density at radius 2 is 2.04 bits per heavy atom. The van der Waals surface area contributed by atoms with E-state index in [0.717, 1.165) is 19.1 Å². The number of hydrogen-bond acceptors (Lipinski definition) is 8. The van der Waals surface area contributed by atoms with Crippen molar-refractivity contribution in [1.82, 2.24) is 9.78 Å². The van der Waals surface area contributed by atoms with Gasteiger partial charge in [0.25, 0.3) is 10.1 Å². The minimum Gasteiger partial charge on any atom is -0.471 e. The molecule has 25 heavy (non-hydrogen) atoms. The molecule has 1 saturated heterocycles. The lowest BCUT2D eigenvalue weighted by atomic mass is 10.1. The van der Waals surface area contributed by atoms with Crippen LogP contribution in [0.4, 0.5) is 5.69 Å². The van der Waals surface area contributed by atoms with Crippen molar-refractivity contribution in [2.24, 2.45) is 5.92 Å². The quantitative estimate of drug-likeness (QED) is 0.379. The van der Waals surface area contributed by atoms with Crippen LogP contribution in [0.2, 0.25) is 0 Å². The smallest absolute Gasteiger partial charge is 0.352 e. The summed E-state index contributed by atoms with van der Waals surface area (Å²) in [5.74, 6) is -0.330. The summed E-state index contributed by atoms with van der Waals surface area (Å²) in [6, 6.07) is 0.0378. The second-order valence-corrected chi connectivity index (χ2v) is 7.83. The van der Waals surface area contributed by atoms with Gasteiger partial charge in [0.15, 0.2) is 0 Å². The molecular formula is C14H23N3O7S. The van der Waals surface area contributed by atoms with Crippen molar-refractivity contribution in [2.75, 3.05) is 32.7 Å². The molecule has 0 saturated carbocycles. The lowest BCUT2D eigenvalue weighted by Gasteiger charge is -2.22. The van der Waals surface area contributed by atoms with Gasteiger partial charge in [-0.1, -0.05) is 6.92 Å². The van der Waals surface area contributed by atoms with Gasteiger partial charge < -0.3 is 9.47 Å². The molecule has 0 aliphatic carbocycles. The third kappa shape index (κ3) is 5.38. The lowest BCUT2D eigenvalue weighted by Crippen LogP contribution is -2.21. The van der Waals surface area contributed by atoms with E-state index in [-0.39, 0.29) is 36.7 Å². The fourth-order valence-corrected chi connectivity index (χ4v) is 3.06. The number of aromatic nitrogens is 2. The van der Waals surface area contributed by atoms with Crippen LogP contribution in [0.5, 0.6) is 5.88 Å². The topological polar surface area (TPSA) is 123 Å². The molecule has 1 atom stereocenters. The number of nitrogens with zero attached hydrogens (tertiary/aromatic N) is 3. The molecule has 0 spiro atoms. The first-order valence-electron chi connectivity index (χ1n) is 7.97. The van der Waals surface area contributed by atoms with E-state index >= 15 is 0 Å². The van der Waals surface area contributed by atoms with Crippen LogP contribution in [-0.4, -0.2) is 55.8 Å². The molecule has 1 aromatic heterocycles. The zero-order valence-electron chi connectivity index (χ0n) is 14.5. The van der Waals surface area contributed by atoms with Crippen molar-refractivity contribution in [3.63, 3.8) is 0 Å². The fraction of sp³-hybridized carbons (Fsp3) is 0.786. The minimum atomic E-state index is -3.54. The van der Waals surface area contributed by atoms with Gasteiger partial charge in [0.05, 0.1) is 30.4 Å². The second kappa shape index (κ2) is 8.11. The van der Waals surface area contributed by atoms with Crippen LogP contribution >= 0.6 is 0 Å². The zero-order valence-corrected chi connectivity index (χ0v) is 15.3. The molecule has 0 bridgehead atoms. The number of hydrogen-bond donors (Lipinski definition) is 0. The Labute approximate surface area is 146 Å². The van der Waals surface area contributed by atoms with Gasteiger partial charge in [-0.25, -0.2) is 0 Å². The van der Waals surface area contributed by atoms with Gasteiger partial charge in [-0.2, -0.15) is 8.42 Å². The van der Waals surface area contributed by atoms with Crippen LogP contribution in [-0.2, 0) is 19.0 Å². The molecule has 142 valence electrons. The van der Waals surface area contributed by atoms with E-state index < -0.39 is 15.0 Å². The Morgan fingerprint density at radius 1 is 1.40 bits per heavy atom. The molecule has 1 aliphatic rings. The van der Waals surface area contributed by atoms with Gasteiger partial charge in [0, 0.05) is 19.1 Å². The Kier molecular flexibility index (Phi) is 6.36. The number of rotatable bonds is 8. The maximum absolute atomic E-state index is 11.4. The summed E-state index contributed by atoms with van der Waals surface area (Å²) in [7, 11) is -3.54. The lowest BCUT2D eigenvalue weighted by molar-refractivity contribution is -0.386. The molecular weight excluding hydrogens is 354 g/mol. The Balaban J connectivity index is 2.09. The maximum atomic E-state index is 11.4. The van der Waals surface area contributed by atoms with Crippen LogP contribution in [0.15, 0.2) is 0 Å². The summed E-state index contributed by atoms with van der Waals surface area (Å²) in [4.78, 5) is 10.9. The van der Waals surface area contributed by atoms with E-state index in [2.05, 4.69) is 5.10 Å². The summed E-state index contributed by atoms with van der Waals surface area (Å²) in [6.07, 6.45) is 2.43. The zero-order chi connectivity index (χ0) is 18.6. The standard InChI is InChI=1S/C14H23N3O7S/c1-10(9-24-25(3,20)21)8-23-14-13(17(18)19)11(2)16(15-14)12-4-6-22-7-5-12/h10,12H,4-9H2,1-3H3/t10-/m1/s1. The van der Waals surface area contributed by atoms with Crippen LogP contribution in [0, 0.1) is 23.0 Å². The monoisotopic (exact) mass is 377 g/mol. The van der Waals surface area contributed by atoms with Gasteiger partial charge in [-0.15, -0.1) is 5.10 Å². The average Bonchev–Trinajstić information content (AvgIpc) is 2.88. The highest BCUT2D eigenvalue weighted by atomic mass is 32.2. The molecule has 0 radical (unpaired) electrons. The van der Waals surface area contributed by atoms with Gasteiger partial charge in [-0.05, 0) is 19.8 Å². The molecule has 1 fully saturated rings. The summed E-state index contributed by atoms with van der Waals surface area (Å²) < 4.78 is 39.1. The molecule has 10 nitrogen and oxygen atoms in total. The molecule has 0 N–H and O–H groups in total. The third-order valence-electron chi connectivity index (χ3n) is 3.88. The van der Waals surface area contributed by atoms with E-state index in [1.54, 1.807) is 18.5 Å². The van der Waals surface area contributed by atoms with Crippen LogP contribution in [0.1, 0.15) is 31.5 Å². The summed E-state index contributed by atoms with van der Waals surface area (Å²) in [5.41, 5.74) is 0.273. The van der Waals surface area contributed by atoms with Crippen LogP contribution in [0.25, 0.3) is 0 Å². The molecule has 1 aromatic rings. The summed E-state index contributed by atoms with van der Waals surface area (Å²) in [5, 5.41) is 15.7. The van der Waals surface area contributed by atoms with E-state index in [0.29, 0.717) is 18.9 Å². The Bertz CT molecular complexity index is 710. The summed E-state index contributed by atoms with van der Waals surface area (Å²) in [6.45, 7) is 4.54. The predicted octanol–water partition coefficient (Wildman–Crippen LogP) is 1.44. The fourth-order valence-electron chi connectivity index (χ4n) is 2.59. The van der Waals surface area contributed by atoms with Gasteiger partial charge in [0.2, 0.25) is 0 Å². The maximum Gasteiger partial charge on any atom is 0.352 e. The van der Waals surface area contributed by atoms with Crippen molar-refractivity contribution < 1.29 is 27.0 Å². The first-order valence-corrected chi connectivity index (χ1v) is 9.79. The predicted molar refractivity (Wildman–Crippen MR) is 88.2 cm³/mol. The Morgan fingerprint density at radius 3 is 2.60 bits per heavy atom. The van der Waals surface area contributed by atoms with Crippen LogP contribution < -0.4 is 4.74 Å². The van der Waals surface area contributed by atoms with Crippen molar-refractivity contribution in [3.05, 3.63) is 15.8 Å². The normalized spacial score (nSPS) is 17.4. The van der Waals surface area contributed by atoms with Crippen molar-refractivity contribution in [3.8, 4) is 5.88 Å². The SMILES string of the molecule is Cc1c([N+](=O)[O-])c(OC[C@@H](C)COS(C)(=O)=O)nn1C1CCOCC1. The van der Waals surface area contributed by atoms with Crippen molar-refractivity contribution >= 4 is 15.8 Å². The molecule has 0 aromatic carbocycles. The Hall–Kier alpha value is -1.72. The number of nitro groups is 1. The second-order valence-electron chi connectivity index (χ2n) is 6.19. The van der Waals surface area contributed by atoms with Crippen molar-refractivity contribution in [1.29, 1.82) is 0 Å². The van der Waals surface area contributed by atoms with Gasteiger partial charge >= 0.3 is 11.6 Å². The summed E-state index contributed by atoms with van der Waals surface area (Å²) >= 11 is 0. The molecule has 11 heteroatoms. The van der Waals surface area contributed by atoms with E-state index in [4.69, 9.17) is 13.7 Å². The number of ether oxygens (including phenoxy) is 2. The third-order valence-corrected chi connectivity index (χ3v) is 4.44. The highest BCUT2D eigenvalue weighted by molar-refractivity contribution is 7.85. The van der Waals surface area contributed by atoms with Gasteiger partial charge in [-0.3, -0.25) is 19.0 Å². The molecule has 0 amide bonds. The molecule has 1 aliphatic heterocycles. The molecule has 2 heterocycles. The first kappa shape index (κ1) is 19.6. The van der Waals surface area contributed by atoms with Gasteiger partial charge in [0.1, 0.15) is 5.69 Å². The molecule has 0 unspecified atom stereocenters. The van der Waals surface area contributed by atoms with Crippen molar-refractivity contribution in [2.45, 2.75) is 32.7 Å². The van der Waals surface area contributed by atoms with Crippen LogP contribution in [0.3, 0.4) is 0 Å². The van der Waals surface area contributed by atoms with E-state index in [9.17, 15) is 18.5 Å². The first-order chi connectivity index (χ1) is 11.7. The average molecular weight is 377 g/mol. The van der Waals surface area contributed by atoms with E-state index in [1.807, 2.05) is 0 Å².